The van der Waals surface area contributed by atoms with Crippen LogP contribution in [0.15, 0.2) is 24.3 Å². The van der Waals surface area contributed by atoms with E-state index in [2.05, 4.69) is 5.32 Å². The van der Waals surface area contributed by atoms with Crippen LogP contribution in [0.1, 0.15) is 52.5 Å². The van der Waals surface area contributed by atoms with E-state index in [1.165, 1.54) is 0 Å². The molecule has 8 nitrogen and oxygen atoms in total. The largest absolute Gasteiger partial charge is 0.481 e. The van der Waals surface area contributed by atoms with Crippen LogP contribution in [0.2, 0.25) is 6.43 Å². The number of hydrogen-bond donors (Lipinski definition) is 4. The van der Waals surface area contributed by atoms with Crippen LogP contribution in [0.3, 0.4) is 0 Å². The number of carbonyl (C=O) groups is 4. The van der Waals surface area contributed by atoms with Crippen molar-refractivity contribution in [1.29, 1.82) is 0 Å². The van der Waals surface area contributed by atoms with Crippen molar-refractivity contribution < 1.29 is 30.8 Å². The molecule has 0 bridgehead atoms. The number of carboxylic acid groups (broad SMARTS) is 2. The Kier molecular flexibility index (Phi) is 8.65. The van der Waals surface area contributed by atoms with Crippen molar-refractivity contribution in [2.45, 2.75) is 64.5 Å². The van der Waals surface area contributed by atoms with Gasteiger partial charge in [-0.3, -0.25) is 14.4 Å². The lowest BCUT2D eigenvalue weighted by molar-refractivity contribution is -0.143. The number of aliphatic carboxylic acids is 2. The molecule has 0 aliphatic heterocycles. The molecule has 0 aliphatic rings. The minimum atomic E-state index is -1.44. The predicted octanol–water partition coefficient (Wildman–Crippen LogP) is 2.58. The van der Waals surface area contributed by atoms with Gasteiger partial charge in [-0.2, -0.15) is 0 Å². The van der Waals surface area contributed by atoms with Gasteiger partial charge in [0, 0.05) is 11.4 Å². The fourth-order valence-corrected chi connectivity index (χ4v) is 2.85. The Hall–Kier alpha value is -2.61. The minimum absolute atomic E-state index is 0.314. The van der Waals surface area contributed by atoms with E-state index in [0.29, 0.717) is 22.3 Å². The van der Waals surface area contributed by atoms with E-state index in [4.69, 9.17) is 18.1 Å². The van der Waals surface area contributed by atoms with Crippen LogP contribution in [-0.4, -0.2) is 46.0 Å². The summed E-state index contributed by atoms with van der Waals surface area (Å²) in [6, 6.07) is 3.88. The fraction of sp³-hybridized carbons (Fsp3) is 0.524. The fourth-order valence-electron chi connectivity index (χ4n) is 2.73. The van der Waals surface area contributed by atoms with Gasteiger partial charge in [0.15, 0.2) is 1.41 Å². The molecule has 1 rings (SSSR count). The number of benzene rings is 1. The molecular formula is C21H29ClN2O6. The normalized spacial score (nSPS) is 14.8. The number of nitrogens with one attached hydrogen (secondary N) is 2. The molecule has 3 atom stereocenters. The Morgan fingerprint density at radius 2 is 1.73 bits per heavy atom. The van der Waals surface area contributed by atoms with Gasteiger partial charge in [0.2, 0.25) is 11.8 Å². The van der Waals surface area contributed by atoms with Gasteiger partial charge in [-0.15, -0.1) is 0 Å². The lowest BCUT2D eigenvalue weighted by atomic mass is 9.83. The number of carboxylic acids is 2. The van der Waals surface area contributed by atoms with Crippen LogP contribution >= 0.6 is 11.6 Å². The highest BCUT2D eigenvalue weighted by atomic mass is 35.5. The van der Waals surface area contributed by atoms with Crippen LogP contribution < -0.4 is 10.6 Å². The van der Waals surface area contributed by atoms with Crippen molar-refractivity contribution in [3.8, 4) is 0 Å². The number of carbonyl (C=O) groups excluding carboxylic acids is 2. The van der Waals surface area contributed by atoms with Crippen LogP contribution in [0.4, 0.5) is 0 Å². The van der Waals surface area contributed by atoms with Gasteiger partial charge >= 0.3 is 11.9 Å². The van der Waals surface area contributed by atoms with E-state index in [0.717, 1.165) is 0 Å². The van der Waals surface area contributed by atoms with Gasteiger partial charge in [0.25, 0.3) is 0 Å². The molecule has 0 saturated carbocycles. The zero-order chi connectivity index (χ0) is 23.9. The molecule has 0 aromatic heterocycles. The molecule has 0 saturated heterocycles. The highest BCUT2D eigenvalue weighted by Crippen LogP contribution is 2.25. The molecule has 2 amide bonds. The van der Waals surface area contributed by atoms with E-state index < -0.39 is 53.6 Å². The minimum Gasteiger partial charge on any atom is -0.481 e. The number of halogens is 1. The average molecular weight is 442 g/mol. The standard InChI is InChI=1S/C21H29ClN2O6/c1-5-12(2)17(18(27)23-15(19(28)29)10-11-16(25)26)24-20(30)21(3,4)13-6-8-14(22)9-7-13/h6-9,12,15,17H,5,10-11H2,1-4H3,(H,23,27)(H,24,30)(H,25,26)(H,28,29)/t12-,15-,17-/m0/s1/i/hD. The summed E-state index contributed by atoms with van der Waals surface area (Å²) in [5.74, 6) is -4.49. The summed E-state index contributed by atoms with van der Waals surface area (Å²) in [6.45, 7) is 6.71. The molecule has 0 fully saturated rings. The van der Waals surface area contributed by atoms with Crippen molar-refractivity contribution in [2.75, 3.05) is 0 Å². The first-order valence-electron chi connectivity index (χ1n) is 10.1. The Bertz CT molecular complexity index is 815. The van der Waals surface area contributed by atoms with E-state index in [1.807, 2.05) is 0 Å². The second-order valence-corrected chi connectivity index (χ2v) is 8.16. The predicted molar refractivity (Wildman–Crippen MR) is 112 cm³/mol. The zero-order valence-corrected chi connectivity index (χ0v) is 18.3. The summed E-state index contributed by atoms with van der Waals surface area (Å²) in [5.41, 5.74) is -0.541. The van der Waals surface area contributed by atoms with Crippen LogP contribution in [-0.2, 0) is 24.6 Å². The van der Waals surface area contributed by atoms with E-state index in [1.54, 1.807) is 52.0 Å². The highest BCUT2D eigenvalue weighted by molar-refractivity contribution is 6.30. The SMILES string of the molecule is [2H]N(C(=O)C(C)(C)c1ccc(Cl)cc1)[C@H](C(=O)N[C@@H](CCC(=O)O)C(=O)O)[C@@H](C)CC. The van der Waals surface area contributed by atoms with E-state index >= 15 is 0 Å². The van der Waals surface area contributed by atoms with Crippen molar-refractivity contribution in [3.05, 3.63) is 34.9 Å². The molecule has 9 heteroatoms. The molecule has 0 radical (unpaired) electrons. The van der Waals surface area contributed by atoms with Gasteiger partial charge < -0.3 is 20.8 Å². The Morgan fingerprint density at radius 3 is 2.20 bits per heavy atom. The molecular weight excluding hydrogens is 412 g/mol. The van der Waals surface area contributed by atoms with Gasteiger partial charge in [-0.1, -0.05) is 44.0 Å². The maximum absolute atomic E-state index is 13.2. The van der Waals surface area contributed by atoms with E-state index in [-0.39, 0.29) is 6.42 Å². The highest BCUT2D eigenvalue weighted by Gasteiger charge is 2.35. The third kappa shape index (κ3) is 7.02. The molecule has 0 heterocycles. The maximum Gasteiger partial charge on any atom is 0.326 e. The zero-order valence-electron chi connectivity index (χ0n) is 18.5. The molecule has 166 valence electrons. The van der Waals surface area contributed by atoms with Crippen LogP contribution in [0.25, 0.3) is 0 Å². The summed E-state index contributed by atoms with van der Waals surface area (Å²) >= 11 is 5.91. The first-order valence-corrected chi connectivity index (χ1v) is 10.0. The summed E-state index contributed by atoms with van der Waals surface area (Å²) in [4.78, 5) is 48.3. The van der Waals surface area contributed by atoms with Crippen LogP contribution in [0.5, 0.6) is 0 Å². The molecule has 0 spiro atoms. The van der Waals surface area contributed by atoms with Gasteiger partial charge in [-0.25, -0.2) is 4.79 Å². The molecule has 1 aromatic rings. The van der Waals surface area contributed by atoms with Crippen molar-refractivity contribution in [1.82, 2.24) is 10.6 Å². The van der Waals surface area contributed by atoms with Crippen molar-refractivity contribution in [2.24, 2.45) is 5.92 Å². The quantitative estimate of drug-likeness (QED) is 0.417. The molecule has 4 N–H and O–H groups in total. The van der Waals surface area contributed by atoms with Crippen LogP contribution in [0, 0.1) is 5.92 Å². The summed E-state index contributed by atoms with van der Waals surface area (Å²) in [6.07, 6.45) is -0.306. The van der Waals surface area contributed by atoms with E-state index in [9.17, 15) is 24.3 Å². The molecule has 1 aromatic carbocycles. The van der Waals surface area contributed by atoms with Gasteiger partial charge in [0.1, 0.15) is 12.1 Å². The Morgan fingerprint density at radius 1 is 1.17 bits per heavy atom. The maximum atomic E-state index is 13.2. The number of amides is 2. The average Bonchev–Trinajstić information content (AvgIpc) is 2.70. The Balaban J connectivity index is 3.14. The smallest absolute Gasteiger partial charge is 0.326 e. The summed E-state index contributed by atoms with van der Waals surface area (Å²) < 4.78 is 8.42. The third-order valence-electron chi connectivity index (χ3n) is 5.07. The number of rotatable bonds is 11. The lowest BCUT2D eigenvalue weighted by Crippen LogP contribution is -2.56. The Labute approximate surface area is 182 Å². The summed E-state index contributed by atoms with van der Waals surface area (Å²) in [5, 5.41) is 21.5. The molecule has 30 heavy (non-hydrogen) atoms. The molecule has 0 aliphatic carbocycles. The number of hydrogen-bond acceptors (Lipinski definition) is 4. The topological polar surface area (TPSA) is 133 Å². The second-order valence-electron chi connectivity index (χ2n) is 7.73. The van der Waals surface area contributed by atoms with Crippen molar-refractivity contribution >= 4 is 35.4 Å². The second kappa shape index (κ2) is 11.0. The van der Waals surface area contributed by atoms with Gasteiger partial charge in [-0.05, 0) is 43.9 Å². The lowest BCUT2D eigenvalue weighted by Gasteiger charge is -2.30. The first-order chi connectivity index (χ1) is 14.3. The monoisotopic (exact) mass is 441 g/mol. The van der Waals surface area contributed by atoms with Gasteiger partial charge in [0.05, 0.1) is 5.41 Å². The first kappa shape index (κ1) is 23.7. The van der Waals surface area contributed by atoms with Crippen molar-refractivity contribution in [3.63, 3.8) is 0 Å². The summed E-state index contributed by atoms with van der Waals surface area (Å²) in [7, 11) is 0. The molecule has 0 unspecified atom stereocenters. The third-order valence-corrected chi connectivity index (χ3v) is 5.32.